The van der Waals surface area contributed by atoms with Crippen LogP contribution in [0.4, 0.5) is 19.1 Å². The minimum absolute atomic E-state index is 0.0687. The maximum Gasteiger partial charge on any atom is 0.440 e. The van der Waals surface area contributed by atoms with Crippen molar-refractivity contribution in [2.75, 3.05) is 5.32 Å². The number of amides is 2. The number of halogens is 4. The van der Waals surface area contributed by atoms with E-state index >= 15 is 0 Å². The molecule has 178 valence electrons. The van der Waals surface area contributed by atoms with Gasteiger partial charge in [0.1, 0.15) is 0 Å². The first kappa shape index (κ1) is 22.7. The fourth-order valence-corrected chi connectivity index (χ4v) is 5.23. The van der Waals surface area contributed by atoms with Crippen molar-refractivity contribution in [3.05, 3.63) is 47.5 Å². The van der Waals surface area contributed by atoms with Crippen LogP contribution in [0.15, 0.2) is 42.5 Å². The SMILES string of the molecule is O=C(CCC1CCCC1)NC1(C(F)(F)F)C(=O)Nc2nc3c(-c4cccc(Cl)c4)cccc3n21. The van der Waals surface area contributed by atoms with Gasteiger partial charge in [0.05, 0.1) is 11.0 Å². The molecule has 2 aromatic carbocycles. The van der Waals surface area contributed by atoms with Crippen LogP contribution in [-0.4, -0.2) is 27.5 Å². The van der Waals surface area contributed by atoms with Crippen molar-refractivity contribution in [1.29, 1.82) is 0 Å². The van der Waals surface area contributed by atoms with Crippen LogP contribution in [0.1, 0.15) is 38.5 Å². The van der Waals surface area contributed by atoms with Gasteiger partial charge >= 0.3 is 6.18 Å². The predicted molar refractivity (Wildman–Crippen MR) is 122 cm³/mol. The summed E-state index contributed by atoms with van der Waals surface area (Å²) >= 11 is 6.10. The highest BCUT2D eigenvalue weighted by molar-refractivity contribution is 6.30. The quantitative estimate of drug-likeness (QED) is 0.488. The van der Waals surface area contributed by atoms with Crippen molar-refractivity contribution in [3.8, 4) is 11.1 Å². The molecule has 1 aromatic heterocycles. The van der Waals surface area contributed by atoms with Crippen LogP contribution in [0.2, 0.25) is 5.02 Å². The average Bonchev–Trinajstić information content (AvgIpc) is 3.48. The van der Waals surface area contributed by atoms with Gasteiger partial charge in [-0.15, -0.1) is 0 Å². The average molecular weight is 491 g/mol. The number of anilines is 1. The number of fused-ring (bicyclic) bond motifs is 3. The van der Waals surface area contributed by atoms with E-state index in [0.29, 0.717) is 28.5 Å². The normalized spacial score (nSPS) is 20.5. The molecule has 3 aromatic rings. The van der Waals surface area contributed by atoms with Gasteiger partial charge in [0.2, 0.25) is 11.9 Å². The van der Waals surface area contributed by atoms with Gasteiger partial charge in [-0.2, -0.15) is 13.2 Å². The number of imidazole rings is 1. The highest BCUT2D eigenvalue weighted by Gasteiger charge is 2.67. The Labute approximate surface area is 198 Å². The van der Waals surface area contributed by atoms with Crippen molar-refractivity contribution in [2.24, 2.45) is 5.92 Å². The van der Waals surface area contributed by atoms with E-state index < -0.39 is 23.7 Å². The van der Waals surface area contributed by atoms with E-state index in [9.17, 15) is 22.8 Å². The summed E-state index contributed by atoms with van der Waals surface area (Å²) in [7, 11) is 0. The lowest BCUT2D eigenvalue weighted by atomic mass is 10.0. The van der Waals surface area contributed by atoms with Crippen LogP contribution in [-0.2, 0) is 15.3 Å². The number of hydrogen-bond acceptors (Lipinski definition) is 3. The van der Waals surface area contributed by atoms with Crippen LogP contribution in [0, 0.1) is 5.92 Å². The Bertz CT molecular complexity index is 1280. The molecule has 2 N–H and O–H groups in total. The highest BCUT2D eigenvalue weighted by atomic mass is 35.5. The van der Waals surface area contributed by atoms with Gasteiger partial charge in [-0.25, -0.2) is 4.98 Å². The van der Waals surface area contributed by atoms with Gasteiger partial charge < -0.3 is 5.32 Å². The third kappa shape index (κ3) is 3.62. The van der Waals surface area contributed by atoms with E-state index in [1.807, 2.05) is 5.32 Å². The lowest BCUT2D eigenvalue weighted by Crippen LogP contribution is -2.63. The summed E-state index contributed by atoms with van der Waals surface area (Å²) in [6, 6.07) is 11.6. The molecule has 0 radical (unpaired) electrons. The van der Waals surface area contributed by atoms with Crippen molar-refractivity contribution in [1.82, 2.24) is 14.9 Å². The van der Waals surface area contributed by atoms with E-state index in [4.69, 9.17) is 11.6 Å². The van der Waals surface area contributed by atoms with Crippen LogP contribution in [0.3, 0.4) is 0 Å². The Morgan fingerprint density at radius 1 is 1.21 bits per heavy atom. The van der Waals surface area contributed by atoms with Gasteiger partial charge in [-0.05, 0) is 36.1 Å². The summed E-state index contributed by atoms with van der Waals surface area (Å²) in [5.74, 6) is -2.15. The molecule has 2 heterocycles. The third-order valence-corrected chi connectivity index (χ3v) is 6.93. The molecule has 0 bridgehead atoms. The number of hydrogen-bond donors (Lipinski definition) is 2. The summed E-state index contributed by atoms with van der Waals surface area (Å²) in [6.45, 7) is 0. The first-order chi connectivity index (χ1) is 16.2. The summed E-state index contributed by atoms with van der Waals surface area (Å²) in [4.78, 5) is 29.8. The summed E-state index contributed by atoms with van der Waals surface area (Å²) < 4.78 is 44.5. The first-order valence-corrected chi connectivity index (χ1v) is 11.6. The summed E-state index contributed by atoms with van der Waals surface area (Å²) in [5.41, 5.74) is -1.73. The van der Waals surface area contributed by atoms with Gasteiger partial charge in [0.25, 0.3) is 11.6 Å². The molecular weight excluding hydrogens is 469 g/mol. The molecule has 6 nitrogen and oxygen atoms in total. The Morgan fingerprint density at radius 2 is 1.94 bits per heavy atom. The highest BCUT2D eigenvalue weighted by Crippen LogP contribution is 2.45. The van der Waals surface area contributed by atoms with Crippen molar-refractivity contribution < 1.29 is 22.8 Å². The van der Waals surface area contributed by atoms with Gasteiger partial charge in [0.15, 0.2) is 0 Å². The minimum Gasteiger partial charge on any atom is -0.317 e. The molecule has 5 rings (SSSR count). The smallest absolute Gasteiger partial charge is 0.317 e. The summed E-state index contributed by atoms with van der Waals surface area (Å²) in [5, 5.41) is 4.73. The topological polar surface area (TPSA) is 76.0 Å². The van der Waals surface area contributed by atoms with Gasteiger partial charge in [0, 0.05) is 17.0 Å². The first-order valence-electron chi connectivity index (χ1n) is 11.2. The zero-order valence-corrected chi connectivity index (χ0v) is 18.8. The van der Waals surface area contributed by atoms with Crippen molar-refractivity contribution >= 4 is 40.4 Å². The lowest BCUT2D eigenvalue weighted by Gasteiger charge is -2.32. The molecule has 1 unspecified atom stereocenters. The number of aromatic nitrogens is 2. The zero-order valence-electron chi connectivity index (χ0n) is 18.1. The minimum atomic E-state index is -5.11. The fraction of sp³-hybridized carbons (Fsp3) is 0.375. The number of para-hydroxylation sites is 1. The molecule has 10 heteroatoms. The monoisotopic (exact) mass is 490 g/mol. The number of carbonyl (C=O) groups is 2. The lowest BCUT2D eigenvalue weighted by molar-refractivity contribution is -0.217. The summed E-state index contributed by atoms with van der Waals surface area (Å²) in [6.07, 6.45) is -0.600. The largest absolute Gasteiger partial charge is 0.440 e. The second-order valence-electron chi connectivity index (χ2n) is 8.85. The maximum atomic E-state index is 14.6. The number of rotatable bonds is 5. The van der Waals surface area contributed by atoms with E-state index in [1.165, 1.54) is 6.07 Å². The number of alkyl halides is 3. The molecule has 0 saturated heterocycles. The number of nitrogens with one attached hydrogen (secondary N) is 2. The van der Waals surface area contributed by atoms with Crippen LogP contribution in [0.25, 0.3) is 22.2 Å². The zero-order chi connectivity index (χ0) is 24.1. The molecule has 1 atom stereocenters. The standard InChI is InChI=1S/C24H22ClF3N4O2/c25-16-8-3-7-15(13-16)17-9-4-10-18-20(17)29-22-30-21(34)23(32(18)22,24(26,27)28)31-19(33)12-11-14-5-1-2-6-14/h3-4,7-10,13-14H,1-2,5-6,11-12H2,(H,31,33)(H,29,30,34). The fourth-order valence-electron chi connectivity index (χ4n) is 5.04. The number of benzene rings is 2. The molecule has 1 saturated carbocycles. The van der Waals surface area contributed by atoms with E-state index in [1.54, 1.807) is 36.4 Å². The van der Waals surface area contributed by atoms with Crippen molar-refractivity contribution in [3.63, 3.8) is 0 Å². The van der Waals surface area contributed by atoms with Gasteiger partial charge in [-0.3, -0.25) is 19.5 Å². The van der Waals surface area contributed by atoms with Crippen LogP contribution in [0.5, 0.6) is 0 Å². The second kappa shape index (κ2) is 8.30. The number of nitrogens with zero attached hydrogens (tertiary/aromatic N) is 2. The second-order valence-corrected chi connectivity index (χ2v) is 9.29. The van der Waals surface area contributed by atoms with Crippen LogP contribution < -0.4 is 10.6 Å². The Kier molecular flexibility index (Phi) is 5.55. The third-order valence-electron chi connectivity index (χ3n) is 6.70. The van der Waals surface area contributed by atoms with E-state index in [-0.39, 0.29) is 23.4 Å². The molecule has 1 aliphatic heterocycles. The van der Waals surface area contributed by atoms with Crippen LogP contribution >= 0.6 is 11.6 Å². The maximum absolute atomic E-state index is 14.6. The molecule has 34 heavy (non-hydrogen) atoms. The Morgan fingerprint density at radius 3 is 2.65 bits per heavy atom. The van der Waals surface area contributed by atoms with E-state index in [2.05, 4.69) is 10.3 Å². The van der Waals surface area contributed by atoms with Crippen molar-refractivity contribution in [2.45, 2.75) is 50.4 Å². The Hall–Kier alpha value is -3.07. The molecule has 1 fully saturated rings. The van der Waals surface area contributed by atoms with E-state index in [0.717, 1.165) is 30.3 Å². The number of carbonyl (C=O) groups excluding carboxylic acids is 2. The molecule has 1 aliphatic carbocycles. The molecule has 2 aliphatic rings. The van der Waals surface area contributed by atoms with Gasteiger partial charge in [-0.1, -0.05) is 61.5 Å². The predicted octanol–water partition coefficient (Wildman–Crippen LogP) is 5.61. The molecular formula is C24H22ClF3N4O2. The molecule has 0 spiro atoms. The Balaban J connectivity index is 1.58. The molecule has 2 amide bonds.